The van der Waals surface area contributed by atoms with Gasteiger partial charge >= 0.3 is 5.97 Å². The van der Waals surface area contributed by atoms with Crippen LogP contribution in [0.25, 0.3) is 0 Å². The van der Waals surface area contributed by atoms with E-state index in [1.807, 2.05) is 17.1 Å². The third kappa shape index (κ3) is 3.06. The van der Waals surface area contributed by atoms with Gasteiger partial charge in [-0.05, 0) is 55.2 Å². The Kier molecular flexibility index (Phi) is 4.73. The normalized spacial score (nSPS) is 24.7. The van der Waals surface area contributed by atoms with Crippen molar-refractivity contribution in [3.05, 3.63) is 63.7 Å². The summed E-state index contributed by atoms with van der Waals surface area (Å²) in [6.07, 6.45) is 2.72. The quantitative estimate of drug-likeness (QED) is 0.806. The van der Waals surface area contributed by atoms with Crippen molar-refractivity contribution < 1.29 is 14.6 Å². The Morgan fingerprint density at radius 2 is 2.13 bits per heavy atom. The molecule has 0 amide bonds. The summed E-state index contributed by atoms with van der Waals surface area (Å²) in [5, 5.41) is 26.0. The molecule has 0 bridgehead atoms. The number of nitriles is 1. The lowest BCUT2D eigenvalue weighted by Crippen LogP contribution is -2.41. The zero-order chi connectivity index (χ0) is 20.8. The predicted molar refractivity (Wildman–Crippen MR) is 113 cm³/mol. The second kappa shape index (κ2) is 7.42. The van der Waals surface area contributed by atoms with Crippen LogP contribution in [-0.4, -0.2) is 36.0 Å². The first-order chi connectivity index (χ1) is 14.6. The molecule has 1 saturated heterocycles. The van der Waals surface area contributed by atoms with Crippen LogP contribution in [0.5, 0.6) is 0 Å². The molecule has 1 fully saturated rings. The van der Waals surface area contributed by atoms with E-state index < -0.39 is 5.97 Å². The van der Waals surface area contributed by atoms with E-state index in [9.17, 15) is 15.2 Å². The largest absolute Gasteiger partial charge is 0.478 e. The molecule has 1 N–H and O–H groups in total. The molecular formula is C23H20ClN3O3. The van der Waals surface area contributed by atoms with Crippen LogP contribution in [0.2, 0.25) is 5.02 Å². The minimum atomic E-state index is -0.914. The number of halogens is 1. The van der Waals surface area contributed by atoms with Gasteiger partial charge in [0.05, 0.1) is 40.2 Å². The number of rotatable bonds is 3. The first-order valence-electron chi connectivity index (χ1n) is 10.1. The molecule has 1 aliphatic carbocycles. The summed E-state index contributed by atoms with van der Waals surface area (Å²) >= 11 is 6.32. The van der Waals surface area contributed by atoms with Crippen LogP contribution in [0.15, 0.2) is 41.5 Å². The fourth-order valence-electron chi connectivity index (χ4n) is 4.96. The SMILES string of the molecule is N#Cc1ccc(N2N=C3c4ccc(C(=O)O)cc4CC[C@@H]3[C@@H]2C2CCOC2)cc1Cl. The number of hydrazone groups is 1. The van der Waals surface area contributed by atoms with Gasteiger partial charge in [0.1, 0.15) is 6.07 Å². The van der Waals surface area contributed by atoms with E-state index in [-0.39, 0.29) is 12.0 Å². The van der Waals surface area contributed by atoms with Crippen molar-refractivity contribution in [1.29, 1.82) is 5.26 Å². The maximum atomic E-state index is 11.4. The number of aryl methyl sites for hydroxylation is 1. The molecule has 3 atom stereocenters. The van der Waals surface area contributed by atoms with Gasteiger partial charge < -0.3 is 9.84 Å². The summed E-state index contributed by atoms with van der Waals surface area (Å²) in [6.45, 7) is 1.46. The summed E-state index contributed by atoms with van der Waals surface area (Å²) in [4.78, 5) is 11.4. The zero-order valence-electron chi connectivity index (χ0n) is 16.2. The van der Waals surface area contributed by atoms with E-state index in [4.69, 9.17) is 21.4 Å². The molecule has 6 nitrogen and oxygen atoms in total. The average Bonchev–Trinajstić information content (AvgIpc) is 3.40. The highest BCUT2D eigenvalue weighted by molar-refractivity contribution is 6.32. The van der Waals surface area contributed by atoms with Crippen molar-refractivity contribution in [3.63, 3.8) is 0 Å². The van der Waals surface area contributed by atoms with E-state index in [1.165, 1.54) is 0 Å². The van der Waals surface area contributed by atoms with Crippen molar-refractivity contribution in [2.75, 3.05) is 18.2 Å². The van der Waals surface area contributed by atoms with Gasteiger partial charge in [-0.25, -0.2) is 4.79 Å². The highest BCUT2D eigenvalue weighted by Crippen LogP contribution is 2.43. The molecule has 2 aliphatic heterocycles. The number of nitrogens with zero attached hydrogens (tertiary/aromatic N) is 3. The number of carboxylic acids is 1. The summed E-state index contributed by atoms with van der Waals surface area (Å²) in [7, 11) is 0. The topological polar surface area (TPSA) is 85.9 Å². The Labute approximate surface area is 179 Å². The molecule has 2 aromatic carbocycles. The van der Waals surface area contributed by atoms with Crippen LogP contribution in [0.4, 0.5) is 5.69 Å². The van der Waals surface area contributed by atoms with Crippen molar-refractivity contribution in [3.8, 4) is 6.07 Å². The minimum absolute atomic E-state index is 0.152. The van der Waals surface area contributed by atoms with E-state index in [0.717, 1.165) is 48.4 Å². The summed E-state index contributed by atoms with van der Waals surface area (Å²) < 4.78 is 5.69. The molecule has 0 spiro atoms. The second-order valence-electron chi connectivity index (χ2n) is 8.04. The van der Waals surface area contributed by atoms with Crippen molar-refractivity contribution >= 4 is 29.0 Å². The number of hydrogen-bond donors (Lipinski definition) is 1. The lowest BCUT2D eigenvalue weighted by Gasteiger charge is -2.34. The number of fused-ring (bicyclic) bond motifs is 3. The Hall–Kier alpha value is -2.88. The monoisotopic (exact) mass is 421 g/mol. The van der Waals surface area contributed by atoms with Gasteiger partial charge in [0.25, 0.3) is 0 Å². The number of carbonyl (C=O) groups is 1. The van der Waals surface area contributed by atoms with Crippen LogP contribution in [0.1, 0.15) is 39.9 Å². The fraction of sp³-hybridized carbons (Fsp3) is 0.348. The molecule has 7 heteroatoms. The standard InChI is InChI=1S/C23H20ClN3O3/c24-20-10-17(4-1-15(20)11-25)27-22(16-7-8-30-12-16)19-6-2-13-9-14(23(28)29)3-5-18(13)21(19)26-27/h1,3-5,9-10,16,19,22H,2,6-8,12H2,(H,28,29)/t16?,19-,22-/m0/s1. The Balaban J connectivity index is 1.59. The van der Waals surface area contributed by atoms with Gasteiger partial charge in [-0.1, -0.05) is 17.7 Å². The summed E-state index contributed by atoms with van der Waals surface area (Å²) in [5.74, 6) is -0.317. The molecule has 5 rings (SSSR count). The number of anilines is 1. The van der Waals surface area contributed by atoms with E-state index in [1.54, 1.807) is 24.3 Å². The van der Waals surface area contributed by atoms with Crippen molar-refractivity contribution in [2.24, 2.45) is 16.9 Å². The average molecular weight is 422 g/mol. The molecule has 0 radical (unpaired) electrons. The van der Waals surface area contributed by atoms with Gasteiger partial charge in [-0.15, -0.1) is 0 Å². The Morgan fingerprint density at radius 1 is 1.27 bits per heavy atom. The van der Waals surface area contributed by atoms with E-state index in [0.29, 0.717) is 28.7 Å². The highest BCUT2D eigenvalue weighted by Gasteiger charge is 2.46. The molecule has 152 valence electrons. The molecule has 0 saturated carbocycles. The van der Waals surface area contributed by atoms with Crippen LogP contribution in [0, 0.1) is 23.2 Å². The summed E-state index contributed by atoms with van der Waals surface area (Å²) in [5.41, 5.74) is 4.68. The number of ether oxygens (including phenoxy) is 1. The fourth-order valence-corrected chi connectivity index (χ4v) is 5.18. The van der Waals surface area contributed by atoms with E-state index >= 15 is 0 Å². The van der Waals surface area contributed by atoms with E-state index in [2.05, 4.69) is 6.07 Å². The van der Waals surface area contributed by atoms with Crippen LogP contribution >= 0.6 is 11.6 Å². The van der Waals surface area contributed by atoms with Crippen LogP contribution < -0.4 is 5.01 Å². The first-order valence-corrected chi connectivity index (χ1v) is 10.5. The number of aromatic carboxylic acids is 1. The zero-order valence-corrected chi connectivity index (χ0v) is 17.0. The van der Waals surface area contributed by atoms with Gasteiger partial charge in [0, 0.05) is 24.0 Å². The molecule has 30 heavy (non-hydrogen) atoms. The molecule has 0 aromatic heterocycles. The maximum absolute atomic E-state index is 11.4. The Morgan fingerprint density at radius 3 is 2.83 bits per heavy atom. The third-order valence-electron chi connectivity index (χ3n) is 6.40. The molecular weight excluding hydrogens is 402 g/mol. The van der Waals surface area contributed by atoms with Gasteiger partial charge in [0.15, 0.2) is 0 Å². The molecule has 2 heterocycles. The van der Waals surface area contributed by atoms with Gasteiger partial charge in [-0.3, -0.25) is 5.01 Å². The lowest BCUT2D eigenvalue weighted by atomic mass is 9.75. The minimum Gasteiger partial charge on any atom is -0.478 e. The second-order valence-corrected chi connectivity index (χ2v) is 8.45. The highest BCUT2D eigenvalue weighted by atomic mass is 35.5. The van der Waals surface area contributed by atoms with Crippen molar-refractivity contribution in [1.82, 2.24) is 0 Å². The Bertz CT molecular complexity index is 1100. The van der Waals surface area contributed by atoms with Crippen LogP contribution in [0.3, 0.4) is 0 Å². The maximum Gasteiger partial charge on any atom is 0.335 e. The lowest BCUT2D eigenvalue weighted by molar-refractivity contribution is 0.0696. The van der Waals surface area contributed by atoms with Crippen molar-refractivity contribution in [2.45, 2.75) is 25.3 Å². The molecule has 1 unspecified atom stereocenters. The number of benzene rings is 2. The van der Waals surface area contributed by atoms with Crippen LogP contribution in [-0.2, 0) is 11.2 Å². The third-order valence-corrected chi connectivity index (χ3v) is 6.71. The smallest absolute Gasteiger partial charge is 0.335 e. The van der Waals surface area contributed by atoms with Gasteiger partial charge in [-0.2, -0.15) is 10.4 Å². The first kappa shape index (κ1) is 19.1. The molecule has 3 aliphatic rings. The molecule has 2 aromatic rings. The van der Waals surface area contributed by atoms with Gasteiger partial charge in [0.2, 0.25) is 0 Å². The number of carboxylic acid groups (broad SMARTS) is 1. The summed E-state index contributed by atoms with van der Waals surface area (Å²) in [6, 6.07) is 13.0. The number of hydrogen-bond acceptors (Lipinski definition) is 5. The predicted octanol–water partition coefficient (Wildman–Crippen LogP) is 4.10.